The summed E-state index contributed by atoms with van der Waals surface area (Å²) in [6, 6.07) is 10.4. The first-order chi connectivity index (χ1) is 12.2. The zero-order chi connectivity index (χ0) is 17.6. The summed E-state index contributed by atoms with van der Waals surface area (Å²) in [7, 11) is 0. The van der Waals surface area contributed by atoms with E-state index in [1.165, 1.54) is 17.8 Å². The molecule has 1 amide bonds. The van der Waals surface area contributed by atoms with Gasteiger partial charge in [-0.3, -0.25) is 4.79 Å². The van der Waals surface area contributed by atoms with Crippen LogP contribution in [-0.4, -0.2) is 26.4 Å². The van der Waals surface area contributed by atoms with Crippen LogP contribution >= 0.6 is 23.1 Å². The second-order valence-electron chi connectivity index (χ2n) is 5.18. The molecule has 5 nitrogen and oxygen atoms in total. The van der Waals surface area contributed by atoms with Gasteiger partial charge in [-0.2, -0.15) is 0 Å². The van der Waals surface area contributed by atoms with Crippen molar-refractivity contribution < 1.29 is 9.18 Å². The molecular formula is C17H17FN4OS2. The van der Waals surface area contributed by atoms with E-state index in [9.17, 15) is 9.18 Å². The van der Waals surface area contributed by atoms with E-state index < -0.39 is 0 Å². The highest BCUT2D eigenvalue weighted by Gasteiger charge is 2.15. The fourth-order valence-electron chi connectivity index (χ4n) is 2.29. The number of nitrogens with one attached hydrogen (secondary N) is 1. The van der Waals surface area contributed by atoms with Crippen molar-refractivity contribution in [2.75, 3.05) is 5.75 Å². The number of rotatable bonds is 7. The van der Waals surface area contributed by atoms with E-state index in [0.717, 1.165) is 17.2 Å². The molecule has 2 heterocycles. The SMILES string of the molecule is CCn1c(SCC(=O)NCc2ccccc2F)nnc1-c1cccs1. The number of carbonyl (C=O) groups is 1. The number of benzene rings is 1. The summed E-state index contributed by atoms with van der Waals surface area (Å²) in [6.45, 7) is 2.91. The predicted octanol–water partition coefficient (Wildman–Crippen LogP) is 3.57. The van der Waals surface area contributed by atoms with Crippen LogP contribution in [0.1, 0.15) is 12.5 Å². The summed E-state index contributed by atoms with van der Waals surface area (Å²) in [5.74, 6) is 0.530. The molecule has 3 rings (SSSR count). The Morgan fingerprint density at radius 1 is 1.28 bits per heavy atom. The van der Waals surface area contributed by atoms with Gasteiger partial charge in [0.2, 0.25) is 5.91 Å². The average Bonchev–Trinajstić information content (AvgIpc) is 3.28. The zero-order valence-electron chi connectivity index (χ0n) is 13.6. The van der Waals surface area contributed by atoms with Crippen molar-refractivity contribution in [3.63, 3.8) is 0 Å². The predicted molar refractivity (Wildman–Crippen MR) is 98.0 cm³/mol. The van der Waals surface area contributed by atoms with E-state index in [1.54, 1.807) is 29.5 Å². The molecule has 0 aliphatic heterocycles. The first-order valence-corrected chi connectivity index (χ1v) is 9.65. The second kappa shape index (κ2) is 8.26. The maximum Gasteiger partial charge on any atom is 0.230 e. The first-order valence-electron chi connectivity index (χ1n) is 7.79. The van der Waals surface area contributed by atoms with Gasteiger partial charge in [0.1, 0.15) is 5.82 Å². The number of hydrogen-bond acceptors (Lipinski definition) is 5. The maximum atomic E-state index is 13.5. The van der Waals surface area contributed by atoms with Crippen LogP contribution < -0.4 is 5.32 Å². The van der Waals surface area contributed by atoms with Crippen LogP contribution in [0, 0.1) is 5.82 Å². The van der Waals surface area contributed by atoms with Gasteiger partial charge in [0.25, 0.3) is 0 Å². The Labute approximate surface area is 153 Å². The molecule has 0 aliphatic carbocycles. The molecule has 0 spiro atoms. The molecule has 1 N–H and O–H groups in total. The molecule has 0 saturated heterocycles. The second-order valence-corrected chi connectivity index (χ2v) is 7.07. The zero-order valence-corrected chi connectivity index (χ0v) is 15.2. The summed E-state index contributed by atoms with van der Waals surface area (Å²) < 4.78 is 15.5. The lowest BCUT2D eigenvalue weighted by Gasteiger charge is -2.07. The molecule has 0 fully saturated rings. The minimum absolute atomic E-state index is 0.170. The van der Waals surface area contributed by atoms with Gasteiger partial charge in [-0.05, 0) is 24.4 Å². The number of amides is 1. The Morgan fingerprint density at radius 3 is 2.84 bits per heavy atom. The van der Waals surface area contributed by atoms with Gasteiger partial charge in [0.05, 0.1) is 10.6 Å². The van der Waals surface area contributed by atoms with E-state index in [2.05, 4.69) is 15.5 Å². The number of thioether (sulfide) groups is 1. The van der Waals surface area contributed by atoms with E-state index >= 15 is 0 Å². The van der Waals surface area contributed by atoms with Crippen molar-refractivity contribution >= 4 is 29.0 Å². The summed E-state index contributed by atoms with van der Waals surface area (Å²) >= 11 is 2.93. The molecular weight excluding hydrogens is 359 g/mol. The third-order valence-corrected chi connectivity index (χ3v) is 5.37. The monoisotopic (exact) mass is 376 g/mol. The molecule has 25 heavy (non-hydrogen) atoms. The van der Waals surface area contributed by atoms with Gasteiger partial charge in [-0.1, -0.05) is 36.0 Å². The van der Waals surface area contributed by atoms with Crippen LogP contribution in [0.4, 0.5) is 4.39 Å². The highest BCUT2D eigenvalue weighted by atomic mass is 32.2. The Morgan fingerprint density at radius 2 is 2.12 bits per heavy atom. The van der Waals surface area contributed by atoms with Gasteiger partial charge in [-0.25, -0.2) is 4.39 Å². The highest BCUT2D eigenvalue weighted by Crippen LogP contribution is 2.27. The van der Waals surface area contributed by atoms with E-state index in [4.69, 9.17) is 0 Å². The first kappa shape index (κ1) is 17.6. The average molecular weight is 376 g/mol. The topological polar surface area (TPSA) is 59.8 Å². The molecule has 0 saturated carbocycles. The number of aromatic nitrogens is 3. The summed E-state index contributed by atoms with van der Waals surface area (Å²) in [4.78, 5) is 13.1. The molecule has 2 aromatic heterocycles. The van der Waals surface area contributed by atoms with Crippen molar-refractivity contribution in [3.05, 3.63) is 53.2 Å². The molecule has 0 radical (unpaired) electrons. The minimum Gasteiger partial charge on any atom is -0.351 e. The lowest BCUT2D eigenvalue weighted by atomic mass is 10.2. The van der Waals surface area contributed by atoms with Crippen molar-refractivity contribution in [1.82, 2.24) is 20.1 Å². The molecule has 0 unspecified atom stereocenters. The molecule has 8 heteroatoms. The van der Waals surface area contributed by atoms with Crippen LogP contribution in [0.15, 0.2) is 46.9 Å². The van der Waals surface area contributed by atoms with Crippen molar-refractivity contribution in [1.29, 1.82) is 0 Å². The lowest BCUT2D eigenvalue weighted by molar-refractivity contribution is -0.118. The Kier molecular flexibility index (Phi) is 5.83. The number of nitrogens with zero attached hydrogens (tertiary/aromatic N) is 3. The quantitative estimate of drug-likeness (QED) is 0.641. The number of hydrogen-bond donors (Lipinski definition) is 1. The summed E-state index contributed by atoms with van der Waals surface area (Å²) in [6.07, 6.45) is 0. The minimum atomic E-state index is -0.318. The van der Waals surface area contributed by atoms with Gasteiger partial charge in [0, 0.05) is 18.7 Å². The van der Waals surface area contributed by atoms with Crippen LogP contribution in [0.25, 0.3) is 10.7 Å². The summed E-state index contributed by atoms with van der Waals surface area (Å²) in [5.41, 5.74) is 0.470. The van der Waals surface area contributed by atoms with Crippen molar-refractivity contribution in [3.8, 4) is 10.7 Å². The smallest absolute Gasteiger partial charge is 0.230 e. The van der Waals surface area contributed by atoms with Crippen LogP contribution in [0.2, 0.25) is 0 Å². The van der Waals surface area contributed by atoms with Crippen LogP contribution in [0.5, 0.6) is 0 Å². The molecule has 3 aromatic rings. The van der Waals surface area contributed by atoms with E-state index in [-0.39, 0.29) is 24.0 Å². The van der Waals surface area contributed by atoms with E-state index in [0.29, 0.717) is 10.7 Å². The standard InChI is InChI=1S/C17H17FN4OS2/c1-2-22-16(14-8-5-9-24-14)20-21-17(22)25-11-15(23)19-10-12-6-3-4-7-13(12)18/h3-9H,2,10-11H2,1H3,(H,19,23). The number of thiophene rings is 1. The third-order valence-electron chi connectivity index (χ3n) is 3.54. The molecule has 0 atom stereocenters. The Balaban J connectivity index is 1.58. The van der Waals surface area contributed by atoms with Gasteiger partial charge in [-0.15, -0.1) is 21.5 Å². The highest BCUT2D eigenvalue weighted by molar-refractivity contribution is 7.99. The molecule has 0 bridgehead atoms. The largest absolute Gasteiger partial charge is 0.351 e. The third kappa shape index (κ3) is 4.26. The number of carbonyl (C=O) groups excluding carboxylic acids is 1. The fourth-order valence-corrected chi connectivity index (χ4v) is 3.83. The molecule has 0 aliphatic rings. The fraction of sp³-hybridized carbons (Fsp3) is 0.235. The summed E-state index contributed by atoms with van der Waals surface area (Å²) in [5, 5.41) is 13.8. The van der Waals surface area contributed by atoms with Crippen molar-refractivity contribution in [2.24, 2.45) is 0 Å². The normalized spacial score (nSPS) is 10.8. The maximum absolute atomic E-state index is 13.5. The van der Waals surface area contributed by atoms with E-state index in [1.807, 2.05) is 29.0 Å². The van der Waals surface area contributed by atoms with Crippen molar-refractivity contribution in [2.45, 2.75) is 25.2 Å². The van der Waals surface area contributed by atoms with Crippen LogP contribution in [0.3, 0.4) is 0 Å². The molecule has 130 valence electrons. The molecule has 1 aromatic carbocycles. The Bertz CT molecular complexity index is 848. The number of halogens is 1. The van der Waals surface area contributed by atoms with Crippen LogP contribution in [-0.2, 0) is 17.9 Å². The Hall–Kier alpha value is -2.19. The van der Waals surface area contributed by atoms with Gasteiger partial charge >= 0.3 is 0 Å². The van der Waals surface area contributed by atoms with Gasteiger partial charge < -0.3 is 9.88 Å². The van der Waals surface area contributed by atoms with Gasteiger partial charge in [0.15, 0.2) is 11.0 Å². The lowest BCUT2D eigenvalue weighted by Crippen LogP contribution is -2.25.